The van der Waals surface area contributed by atoms with E-state index in [9.17, 15) is 4.79 Å². The molecule has 0 bridgehead atoms. The van der Waals surface area contributed by atoms with Crippen LogP contribution in [-0.2, 0) is 11.3 Å². The minimum atomic E-state index is 0.0788. The number of rotatable bonds is 6. The molecule has 5 heteroatoms. The average molecular weight is 306 g/mol. The molecule has 0 aliphatic heterocycles. The fourth-order valence-electron chi connectivity index (χ4n) is 3.04. The molecule has 22 heavy (non-hydrogen) atoms. The Bertz CT molecular complexity index is 519. The molecule has 2 atom stereocenters. The topological polar surface area (TPSA) is 64.8 Å². The SMILES string of the molecule is CCN(Cc1ccc(OC)c(OC)c1)C(=O)[C@H]1CC[C@H](N)C1. The van der Waals surface area contributed by atoms with Crippen LogP contribution < -0.4 is 15.2 Å². The van der Waals surface area contributed by atoms with Crippen molar-refractivity contribution in [3.63, 3.8) is 0 Å². The predicted molar refractivity (Wildman–Crippen MR) is 86.0 cm³/mol. The molecule has 1 aliphatic rings. The van der Waals surface area contributed by atoms with E-state index in [0.29, 0.717) is 24.6 Å². The molecular weight excluding hydrogens is 280 g/mol. The Kier molecular flexibility index (Phi) is 5.66. The number of carbonyl (C=O) groups excluding carboxylic acids is 1. The number of ether oxygens (including phenoxy) is 2. The molecule has 1 fully saturated rings. The molecule has 1 saturated carbocycles. The van der Waals surface area contributed by atoms with Crippen LogP contribution in [0.5, 0.6) is 11.5 Å². The van der Waals surface area contributed by atoms with Gasteiger partial charge in [-0.1, -0.05) is 6.07 Å². The van der Waals surface area contributed by atoms with Gasteiger partial charge in [0.05, 0.1) is 14.2 Å². The van der Waals surface area contributed by atoms with Gasteiger partial charge in [0.25, 0.3) is 0 Å². The number of nitrogens with zero attached hydrogens (tertiary/aromatic N) is 1. The van der Waals surface area contributed by atoms with Gasteiger partial charge in [-0.2, -0.15) is 0 Å². The van der Waals surface area contributed by atoms with Crippen molar-refractivity contribution in [3.05, 3.63) is 23.8 Å². The van der Waals surface area contributed by atoms with E-state index in [0.717, 1.165) is 24.8 Å². The predicted octanol–water partition coefficient (Wildman–Crippen LogP) is 2.18. The van der Waals surface area contributed by atoms with Gasteiger partial charge >= 0.3 is 0 Å². The fraction of sp³-hybridized carbons (Fsp3) is 0.588. The fourth-order valence-corrected chi connectivity index (χ4v) is 3.04. The lowest BCUT2D eigenvalue weighted by Crippen LogP contribution is -2.35. The van der Waals surface area contributed by atoms with E-state index in [4.69, 9.17) is 15.2 Å². The Morgan fingerprint density at radius 1 is 1.27 bits per heavy atom. The minimum Gasteiger partial charge on any atom is -0.493 e. The van der Waals surface area contributed by atoms with Crippen molar-refractivity contribution in [2.75, 3.05) is 20.8 Å². The quantitative estimate of drug-likeness (QED) is 0.875. The molecule has 0 heterocycles. The van der Waals surface area contributed by atoms with E-state index in [1.165, 1.54) is 0 Å². The molecular formula is C17H26N2O3. The summed E-state index contributed by atoms with van der Waals surface area (Å²) in [7, 11) is 3.23. The smallest absolute Gasteiger partial charge is 0.226 e. The van der Waals surface area contributed by atoms with Crippen molar-refractivity contribution in [1.29, 1.82) is 0 Å². The van der Waals surface area contributed by atoms with Crippen LogP contribution in [0.4, 0.5) is 0 Å². The van der Waals surface area contributed by atoms with Crippen LogP contribution in [0.1, 0.15) is 31.7 Å². The van der Waals surface area contributed by atoms with Crippen LogP contribution >= 0.6 is 0 Å². The van der Waals surface area contributed by atoms with Gasteiger partial charge in [-0.15, -0.1) is 0 Å². The first kappa shape index (κ1) is 16.6. The summed E-state index contributed by atoms with van der Waals surface area (Å²) < 4.78 is 10.6. The molecule has 1 aromatic carbocycles. The van der Waals surface area contributed by atoms with E-state index >= 15 is 0 Å². The summed E-state index contributed by atoms with van der Waals surface area (Å²) in [6.45, 7) is 3.29. The van der Waals surface area contributed by atoms with Crippen molar-refractivity contribution in [2.24, 2.45) is 11.7 Å². The molecule has 1 aliphatic carbocycles. The lowest BCUT2D eigenvalue weighted by molar-refractivity contribution is -0.135. The maximum absolute atomic E-state index is 12.6. The zero-order chi connectivity index (χ0) is 16.1. The molecule has 2 rings (SSSR count). The molecule has 0 aromatic heterocycles. The van der Waals surface area contributed by atoms with Gasteiger partial charge in [0.1, 0.15) is 0 Å². The Morgan fingerprint density at radius 3 is 2.55 bits per heavy atom. The second kappa shape index (κ2) is 7.49. The monoisotopic (exact) mass is 306 g/mol. The number of amides is 1. The van der Waals surface area contributed by atoms with Gasteiger partial charge in [-0.05, 0) is 43.9 Å². The zero-order valence-electron chi connectivity index (χ0n) is 13.7. The van der Waals surface area contributed by atoms with Crippen LogP contribution in [0, 0.1) is 5.92 Å². The molecule has 0 unspecified atom stereocenters. The lowest BCUT2D eigenvalue weighted by atomic mass is 10.1. The molecule has 0 radical (unpaired) electrons. The number of carbonyl (C=O) groups is 1. The highest BCUT2D eigenvalue weighted by Gasteiger charge is 2.30. The van der Waals surface area contributed by atoms with Gasteiger partial charge < -0.3 is 20.1 Å². The number of nitrogens with two attached hydrogens (primary N) is 1. The maximum Gasteiger partial charge on any atom is 0.226 e. The van der Waals surface area contributed by atoms with E-state index in [-0.39, 0.29) is 17.9 Å². The van der Waals surface area contributed by atoms with Crippen LogP contribution in [0.15, 0.2) is 18.2 Å². The number of hydrogen-bond acceptors (Lipinski definition) is 4. The summed E-state index contributed by atoms with van der Waals surface area (Å²) in [5, 5.41) is 0. The van der Waals surface area contributed by atoms with Crippen molar-refractivity contribution in [1.82, 2.24) is 4.90 Å². The first-order valence-corrected chi connectivity index (χ1v) is 7.84. The van der Waals surface area contributed by atoms with Gasteiger partial charge in [0.15, 0.2) is 11.5 Å². The van der Waals surface area contributed by atoms with Gasteiger partial charge in [0, 0.05) is 25.0 Å². The minimum absolute atomic E-state index is 0.0788. The highest BCUT2D eigenvalue weighted by atomic mass is 16.5. The van der Waals surface area contributed by atoms with Crippen molar-refractivity contribution >= 4 is 5.91 Å². The molecule has 1 aromatic rings. The van der Waals surface area contributed by atoms with E-state index < -0.39 is 0 Å². The third-order valence-corrected chi connectivity index (χ3v) is 4.34. The Hall–Kier alpha value is -1.75. The third-order valence-electron chi connectivity index (χ3n) is 4.34. The molecule has 0 spiro atoms. The summed E-state index contributed by atoms with van der Waals surface area (Å²) in [4.78, 5) is 14.5. The summed E-state index contributed by atoms with van der Waals surface area (Å²) in [5.74, 6) is 1.68. The number of benzene rings is 1. The second-order valence-electron chi connectivity index (χ2n) is 5.81. The van der Waals surface area contributed by atoms with Gasteiger partial charge in [-0.25, -0.2) is 0 Å². The largest absolute Gasteiger partial charge is 0.493 e. The zero-order valence-corrected chi connectivity index (χ0v) is 13.7. The van der Waals surface area contributed by atoms with Crippen molar-refractivity contribution in [2.45, 2.75) is 38.8 Å². The highest BCUT2D eigenvalue weighted by Crippen LogP contribution is 2.29. The Morgan fingerprint density at radius 2 is 2.00 bits per heavy atom. The van der Waals surface area contributed by atoms with E-state index in [1.54, 1.807) is 14.2 Å². The average Bonchev–Trinajstić information content (AvgIpc) is 2.98. The van der Waals surface area contributed by atoms with Gasteiger partial charge in [-0.3, -0.25) is 4.79 Å². The summed E-state index contributed by atoms with van der Waals surface area (Å²) in [6.07, 6.45) is 2.66. The first-order chi connectivity index (χ1) is 10.6. The van der Waals surface area contributed by atoms with Crippen LogP contribution in [0.25, 0.3) is 0 Å². The second-order valence-corrected chi connectivity index (χ2v) is 5.81. The highest BCUT2D eigenvalue weighted by molar-refractivity contribution is 5.79. The molecule has 5 nitrogen and oxygen atoms in total. The van der Waals surface area contributed by atoms with Crippen molar-refractivity contribution < 1.29 is 14.3 Å². The Balaban J connectivity index is 2.08. The lowest BCUT2D eigenvalue weighted by Gasteiger charge is -2.24. The molecule has 2 N–H and O–H groups in total. The summed E-state index contributed by atoms with van der Waals surface area (Å²) in [5.41, 5.74) is 6.96. The molecule has 1 amide bonds. The number of hydrogen-bond donors (Lipinski definition) is 1. The van der Waals surface area contributed by atoms with Crippen LogP contribution in [0.2, 0.25) is 0 Å². The van der Waals surface area contributed by atoms with Crippen LogP contribution in [-0.4, -0.2) is 37.6 Å². The number of methoxy groups -OCH3 is 2. The molecule has 0 saturated heterocycles. The third kappa shape index (κ3) is 3.71. The summed E-state index contributed by atoms with van der Waals surface area (Å²) >= 11 is 0. The van der Waals surface area contributed by atoms with E-state index in [2.05, 4.69) is 0 Å². The van der Waals surface area contributed by atoms with Gasteiger partial charge in [0.2, 0.25) is 5.91 Å². The standard InChI is InChI=1S/C17H26N2O3/c1-4-19(17(20)13-6-7-14(18)10-13)11-12-5-8-15(21-2)16(9-12)22-3/h5,8-9,13-14H,4,6-7,10-11,18H2,1-3H3/t13-,14-/m0/s1. The van der Waals surface area contributed by atoms with Crippen LogP contribution in [0.3, 0.4) is 0 Å². The summed E-state index contributed by atoms with van der Waals surface area (Å²) in [6, 6.07) is 5.94. The normalized spacial score (nSPS) is 20.7. The van der Waals surface area contributed by atoms with E-state index in [1.807, 2.05) is 30.0 Å². The maximum atomic E-state index is 12.6. The molecule has 122 valence electrons. The Labute approximate surface area is 132 Å². The van der Waals surface area contributed by atoms with Crippen molar-refractivity contribution in [3.8, 4) is 11.5 Å². The first-order valence-electron chi connectivity index (χ1n) is 7.84.